The van der Waals surface area contributed by atoms with Gasteiger partial charge in [0.05, 0.1) is 23.9 Å². The highest BCUT2D eigenvalue weighted by Crippen LogP contribution is 2.38. The molecule has 1 heterocycles. The van der Waals surface area contributed by atoms with Gasteiger partial charge in [0, 0.05) is 24.1 Å². The summed E-state index contributed by atoms with van der Waals surface area (Å²) in [6, 6.07) is 11.4. The second-order valence-corrected chi connectivity index (χ2v) is 8.54. The molecule has 2 aromatic rings. The Labute approximate surface area is 173 Å². The zero-order valence-electron chi connectivity index (χ0n) is 17.6. The van der Waals surface area contributed by atoms with E-state index in [4.69, 9.17) is 11.0 Å². The van der Waals surface area contributed by atoms with Crippen LogP contribution >= 0.6 is 0 Å². The van der Waals surface area contributed by atoms with E-state index >= 15 is 0 Å². The van der Waals surface area contributed by atoms with Gasteiger partial charge in [0.1, 0.15) is 5.82 Å². The highest BCUT2D eigenvalue weighted by atomic mass is 16.2. The van der Waals surface area contributed by atoms with Crippen LogP contribution in [0.2, 0.25) is 0 Å². The Kier molecular flexibility index (Phi) is 6.71. The normalized spacial score (nSPS) is 21.7. The maximum Gasteiger partial charge on any atom is 0.228 e. The Hall–Kier alpha value is -2.65. The number of carbonyl (C=O) groups is 1. The van der Waals surface area contributed by atoms with Gasteiger partial charge in [-0.25, -0.2) is 4.68 Å². The minimum Gasteiger partial charge on any atom is -0.329 e. The molecule has 154 valence electrons. The van der Waals surface area contributed by atoms with Crippen molar-refractivity contribution in [2.75, 3.05) is 11.9 Å². The summed E-state index contributed by atoms with van der Waals surface area (Å²) in [4.78, 5) is 13.2. The molecule has 0 unspecified atom stereocenters. The fraction of sp³-hybridized carbons (Fsp3) is 0.522. The molecule has 0 saturated heterocycles. The van der Waals surface area contributed by atoms with Crippen molar-refractivity contribution in [2.45, 2.75) is 46.6 Å². The van der Waals surface area contributed by atoms with Crippen LogP contribution in [0.3, 0.4) is 0 Å². The van der Waals surface area contributed by atoms with Crippen LogP contribution in [0.15, 0.2) is 30.3 Å². The van der Waals surface area contributed by atoms with Crippen LogP contribution in [-0.2, 0) is 11.3 Å². The van der Waals surface area contributed by atoms with Crippen molar-refractivity contribution in [3.8, 4) is 17.3 Å². The zero-order valence-corrected chi connectivity index (χ0v) is 17.6. The smallest absolute Gasteiger partial charge is 0.228 e. The highest BCUT2D eigenvalue weighted by molar-refractivity contribution is 5.92. The Morgan fingerprint density at radius 3 is 2.86 bits per heavy atom. The van der Waals surface area contributed by atoms with E-state index in [2.05, 4.69) is 37.3 Å². The first-order valence-corrected chi connectivity index (χ1v) is 10.5. The minimum absolute atomic E-state index is 0.0188. The molecule has 3 rings (SSSR count). The Morgan fingerprint density at radius 1 is 1.38 bits per heavy atom. The Bertz CT molecular complexity index is 895. The van der Waals surface area contributed by atoms with Crippen LogP contribution in [0.25, 0.3) is 11.3 Å². The van der Waals surface area contributed by atoms with Gasteiger partial charge in [-0.2, -0.15) is 10.4 Å². The third-order valence-electron chi connectivity index (χ3n) is 6.02. The van der Waals surface area contributed by atoms with E-state index in [9.17, 15) is 4.79 Å². The molecular formula is C23H31N5O. The molecule has 3 N–H and O–H groups in total. The first-order valence-electron chi connectivity index (χ1n) is 10.5. The largest absolute Gasteiger partial charge is 0.329 e. The molecule has 1 amide bonds. The summed E-state index contributed by atoms with van der Waals surface area (Å²) in [6.07, 6.45) is 3.22. The van der Waals surface area contributed by atoms with Crippen LogP contribution in [0.1, 0.15) is 45.6 Å². The standard InChI is InChI=1S/C23H31N5O/c1-15(2)19-8-7-16(3)11-20(19)23(29)26-22-13-21(27-28(22)10-9-24)18-6-4-5-17(12-18)14-25/h4-6,12-13,15-16,19-20H,7-11,24H2,1-3H3,(H,26,29)/t16-,19+,20-/m1/s1. The van der Waals surface area contributed by atoms with Crippen LogP contribution in [0, 0.1) is 35.0 Å². The van der Waals surface area contributed by atoms with Crippen molar-refractivity contribution >= 4 is 11.7 Å². The summed E-state index contributed by atoms with van der Waals surface area (Å²) < 4.78 is 1.75. The molecule has 1 saturated carbocycles. The lowest BCUT2D eigenvalue weighted by Crippen LogP contribution is -2.37. The van der Waals surface area contributed by atoms with Gasteiger partial charge in [-0.15, -0.1) is 0 Å². The third-order valence-corrected chi connectivity index (χ3v) is 6.02. The molecule has 1 aromatic heterocycles. The summed E-state index contributed by atoms with van der Waals surface area (Å²) >= 11 is 0. The van der Waals surface area contributed by atoms with Crippen molar-refractivity contribution < 1.29 is 4.79 Å². The van der Waals surface area contributed by atoms with Gasteiger partial charge >= 0.3 is 0 Å². The number of anilines is 1. The fourth-order valence-electron chi connectivity index (χ4n) is 4.42. The number of carbonyl (C=O) groups excluding carboxylic acids is 1. The van der Waals surface area contributed by atoms with Gasteiger partial charge in [0.15, 0.2) is 0 Å². The number of benzene rings is 1. The average Bonchev–Trinajstić information content (AvgIpc) is 3.10. The molecule has 0 aliphatic heterocycles. The zero-order chi connectivity index (χ0) is 21.0. The number of amides is 1. The quantitative estimate of drug-likeness (QED) is 0.774. The van der Waals surface area contributed by atoms with Crippen molar-refractivity contribution in [3.05, 3.63) is 35.9 Å². The molecule has 1 aliphatic carbocycles. The summed E-state index contributed by atoms with van der Waals surface area (Å²) in [5.41, 5.74) is 7.91. The average molecular weight is 394 g/mol. The van der Waals surface area contributed by atoms with Gasteiger partial charge in [0.25, 0.3) is 0 Å². The van der Waals surface area contributed by atoms with Crippen LogP contribution in [0.4, 0.5) is 5.82 Å². The van der Waals surface area contributed by atoms with E-state index in [-0.39, 0.29) is 11.8 Å². The lowest BCUT2D eigenvalue weighted by atomic mass is 9.70. The molecule has 0 bridgehead atoms. The molecule has 6 heteroatoms. The van der Waals surface area contributed by atoms with E-state index in [0.717, 1.165) is 24.1 Å². The van der Waals surface area contributed by atoms with Crippen LogP contribution < -0.4 is 11.1 Å². The SMILES string of the molecule is CC(C)[C@@H]1CC[C@@H](C)C[C@H]1C(=O)Nc1cc(-c2cccc(C#N)c2)nn1CCN. The van der Waals surface area contributed by atoms with Crippen LogP contribution in [0.5, 0.6) is 0 Å². The number of aromatic nitrogens is 2. The second-order valence-electron chi connectivity index (χ2n) is 8.54. The lowest BCUT2D eigenvalue weighted by molar-refractivity contribution is -0.124. The van der Waals surface area contributed by atoms with Gasteiger partial charge in [-0.3, -0.25) is 4.79 Å². The minimum atomic E-state index is 0.0188. The predicted molar refractivity (Wildman–Crippen MR) is 115 cm³/mol. The van der Waals surface area contributed by atoms with E-state index < -0.39 is 0 Å². The number of nitrogens with two attached hydrogens (primary N) is 1. The Balaban J connectivity index is 1.86. The fourth-order valence-corrected chi connectivity index (χ4v) is 4.42. The first-order chi connectivity index (χ1) is 13.9. The predicted octanol–water partition coefficient (Wildman–Crippen LogP) is 4.03. The number of nitrogens with one attached hydrogen (secondary N) is 1. The second kappa shape index (κ2) is 9.23. The first kappa shape index (κ1) is 21.1. The molecule has 6 nitrogen and oxygen atoms in total. The molecule has 1 fully saturated rings. The highest BCUT2D eigenvalue weighted by Gasteiger charge is 2.35. The van der Waals surface area contributed by atoms with Gasteiger partial charge in [-0.05, 0) is 42.7 Å². The molecule has 29 heavy (non-hydrogen) atoms. The van der Waals surface area contributed by atoms with Crippen molar-refractivity contribution in [1.82, 2.24) is 9.78 Å². The van der Waals surface area contributed by atoms with Crippen molar-refractivity contribution in [3.63, 3.8) is 0 Å². The third kappa shape index (κ3) is 4.86. The van der Waals surface area contributed by atoms with Gasteiger partial charge in [0.2, 0.25) is 5.91 Å². The maximum absolute atomic E-state index is 13.2. The van der Waals surface area contributed by atoms with E-state index in [1.165, 1.54) is 6.42 Å². The Morgan fingerprint density at radius 2 is 2.17 bits per heavy atom. The van der Waals surface area contributed by atoms with E-state index in [0.29, 0.717) is 42.2 Å². The number of rotatable bonds is 6. The lowest BCUT2D eigenvalue weighted by Gasteiger charge is -2.36. The summed E-state index contributed by atoms with van der Waals surface area (Å²) in [6.45, 7) is 7.59. The van der Waals surface area contributed by atoms with Gasteiger partial charge < -0.3 is 11.1 Å². The molecular weight excluding hydrogens is 362 g/mol. The van der Waals surface area contributed by atoms with Crippen molar-refractivity contribution in [2.24, 2.45) is 29.4 Å². The van der Waals surface area contributed by atoms with Gasteiger partial charge in [-0.1, -0.05) is 39.3 Å². The van der Waals surface area contributed by atoms with E-state index in [1.54, 1.807) is 16.8 Å². The number of nitrogens with zero attached hydrogens (tertiary/aromatic N) is 3. The summed E-state index contributed by atoms with van der Waals surface area (Å²) in [5.74, 6) is 2.22. The molecule has 0 radical (unpaired) electrons. The molecule has 0 spiro atoms. The topological polar surface area (TPSA) is 96.7 Å². The monoisotopic (exact) mass is 393 g/mol. The van der Waals surface area contributed by atoms with Crippen LogP contribution in [-0.4, -0.2) is 22.2 Å². The summed E-state index contributed by atoms with van der Waals surface area (Å²) in [7, 11) is 0. The maximum atomic E-state index is 13.2. The number of nitriles is 1. The molecule has 3 atom stereocenters. The number of hydrogen-bond donors (Lipinski definition) is 2. The molecule has 1 aromatic carbocycles. The van der Waals surface area contributed by atoms with Crippen molar-refractivity contribution in [1.29, 1.82) is 5.26 Å². The summed E-state index contributed by atoms with van der Waals surface area (Å²) in [5, 5.41) is 16.9. The molecule has 1 aliphatic rings. The number of hydrogen-bond acceptors (Lipinski definition) is 4. The van der Waals surface area contributed by atoms with E-state index in [1.807, 2.05) is 18.2 Å².